The van der Waals surface area contributed by atoms with Gasteiger partial charge in [0.05, 0.1) is 6.54 Å². The minimum absolute atomic E-state index is 0. The van der Waals surface area contributed by atoms with Gasteiger partial charge in [-0.3, -0.25) is 0 Å². The van der Waals surface area contributed by atoms with Gasteiger partial charge < -0.3 is 15.8 Å². The number of alkyl halides is 2. The molecule has 21 heavy (non-hydrogen) atoms. The second-order valence-electron chi connectivity index (χ2n) is 5.28. The second-order valence-corrected chi connectivity index (χ2v) is 5.28. The Kier molecular flexibility index (Phi) is 8.45. The Morgan fingerprint density at radius 3 is 2.71 bits per heavy atom. The Hall–Kier alpha value is -1.19. The van der Waals surface area contributed by atoms with Crippen LogP contribution in [-0.2, 0) is 6.54 Å². The summed E-state index contributed by atoms with van der Waals surface area (Å²) in [5.41, 5.74) is 6.35. The molecule has 0 aromatic carbocycles. The molecular weight excluding hydrogens is 393 g/mol. The summed E-state index contributed by atoms with van der Waals surface area (Å²) in [7, 11) is 0. The maximum Gasteiger partial charge on any atom is 0.272 e. The van der Waals surface area contributed by atoms with Crippen LogP contribution in [-0.4, -0.2) is 29.5 Å². The van der Waals surface area contributed by atoms with Crippen molar-refractivity contribution in [1.82, 2.24) is 10.3 Å². The quantitative estimate of drug-likeness (QED) is 0.442. The first-order chi connectivity index (χ1) is 9.26. The van der Waals surface area contributed by atoms with E-state index in [1.54, 1.807) is 12.1 Å². The summed E-state index contributed by atoms with van der Waals surface area (Å²) in [6.45, 7) is 5.56. The van der Waals surface area contributed by atoms with Crippen LogP contribution in [0.25, 0.3) is 0 Å². The van der Waals surface area contributed by atoms with E-state index in [0.29, 0.717) is 12.5 Å². The first-order valence-electron chi connectivity index (χ1n) is 6.20. The lowest BCUT2D eigenvalue weighted by atomic mass is 10.1. The summed E-state index contributed by atoms with van der Waals surface area (Å²) in [5.74, 6) is 0.477. The first kappa shape index (κ1) is 19.8. The van der Waals surface area contributed by atoms with Crippen molar-refractivity contribution < 1.29 is 13.5 Å². The van der Waals surface area contributed by atoms with E-state index >= 15 is 0 Å². The molecule has 1 aromatic rings. The van der Waals surface area contributed by atoms with Crippen molar-refractivity contribution in [2.45, 2.75) is 39.3 Å². The molecule has 0 spiro atoms. The van der Waals surface area contributed by atoms with Crippen molar-refractivity contribution in [3.05, 3.63) is 23.9 Å². The lowest BCUT2D eigenvalue weighted by Gasteiger charge is -2.20. The third-order valence-corrected chi connectivity index (χ3v) is 2.09. The Morgan fingerprint density at radius 1 is 1.48 bits per heavy atom. The molecule has 8 heteroatoms. The van der Waals surface area contributed by atoms with Gasteiger partial charge in [0.15, 0.2) is 12.6 Å². The van der Waals surface area contributed by atoms with Gasteiger partial charge in [-0.05, 0) is 32.4 Å². The number of pyridine rings is 1. The predicted molar refractivity (Wildman–Crippen MR) is 89.4 cm³/mol. The number of hydrogen-bond donors (Lipinski definition) is 2. The number of aromatic nitrogens is 1. The average Bonchev–Trinajstić information content (AvgIpc) is 2.32. The summed E-state index contributed by atoms with van der Waals surface area (Å²) < 4.78 is 28.9. The molecule has 3 N–H and O–H groups in total. The smallest absolute Gasteiger partial charge is 0.272 e. The van der Waals surface area contributed by atoms with Gasteiger partial charge in [-0.1, -0.05) is 0 Å². The fourth-order valence-electron chi connectivity index (χ4n) is 1.38. The summed E-state index contributed by atoms with van der Waals surface area (Å²) in [6, 6.07) is 3.29. The van der Waals surface area contributed by atoms with Crippen LogP contribution in [0.1, 0.15) is 26.3 Å². The molecule has 0 aliphatic heterocycles. The zero-order valence-electron chi connectivity index (χ0n) is 12.3. The number of aliphatic imine (C=N–C) groups is 1. The standard InChI is InChI=1S/C13H20F2N4O.HI/c1-13(2,3)19-12(16)18-7-9-4-5-17-11(6-9)20-8-10(14)15;/h4-6,10H,7-8H2,1-3H3,(H3,16,18,19);1H. The topological polar surface area (TPSA) is 72.5 Å². The highest BCUT2D eigenvalue weighted by Gasteiger charge is 2.09. The van der Waals surface area contributed by atoms with Gasteiger partial charge in [-0.15, -0.1) is 24.0 Å². The van der Waals surface area contributed by atoms with E-state index in [-0.39, 0.29) is 35.4 Å². The number of nitrogens with zero attached hydrogens (tertiary/aromatic N) is 2. The van der Waals surface area contributed by atoms with Gasteiger partial charge in [-0.2, -0.15) is 0 Å². The highest BCUT2D eigenvalue weighted by Crippen LogP contribution is 2.11. The predicted octanol–water partition coefficient (Wildman–Crippen LogP) is 2.55. The second kappa shape index (κ2) is 8.96. The number of ether oxygens (including phenoxy) is 1. The van der Waals surface area contributed by atoms with Crippen LogP contribution in [0.2, 0.25) is 0 Å². The molecule has 0 bridgehead atoms. The van der Waals surface area contributed by atoms with Crippen molar-refractivity contribution in [3.8, 4) is 5.88 Å². The van der Waals surface area contributed by atoms with E-state index in [9.17, 15) is 8.78 Å². The molecule has 5 nitrogen and oxygen atoms in total. The molecule has 0 amide bonds. The third-order valence-electron chi connectivity index (χ3n) is 2.09. The minimum atomic E-state index is -2.52. The maximum atomic E-state index is 12.0. The van der Waals surface area contributed by atoms with Gasteiger partial charge in [0.25, 0.3) is 6.43 Å². The number of halogens is 3. The maximum absolute atomic E-state index is 12.0. The third kappa shape index (κ3) is 9.38. The molecule has 1 rings (SSSR count). The molecule has 0 saturated heterocycles. The van der Waals surface area contributed by atoms with Gasteiger partial charge >= 0.3 is 0 Å². The normalized spacial score (nSPS) is 12.0. The fraction of sp³-hybridized carbons (Fsp3) is 0.538. The van der Waals surface area contributed by atoms with Crippen LogP contribution in [0.3, 0.4) is 0 Å². The van der Waals surface area contributed by atoms with Crippen molar-refractivity contribution in [2.75, 3.05) is 6.61 Å². The van der Waals surface area contributed by atoms with Gasteiger partial charge in [0, 0.05) is 17.8 Å². The van der Waals surface area contributed by atoms with Crippen LogP contribution in [0.5, 0.6) is 5.88 Å². The lowest BCUT2D eigenvalue weighted by Crippen LogP contribution is -2.44. The molecule has 0 fully saturated rings. The van der Waals surface area contributed by atoms with Crippen LogP contribution in [0.15, 0.2) is 23.3 Å². The van der Waals surface area contributed by atoms with Crippen molar-refractivity contribution in [1.29, 1.82) is 0 Å². The molecule has 0 atom stereocenters. The van der Waals surface area contributed by atoms with Crippen LogP contribution < -0.4 is 15.8 Å². The number of rotatable bonds is 5. The zero-order valence-corrected chi connectivity index (χ0v) is 14.6. The Bertz CT molecular complexity index is 464. The Balaban J connectivity index is 0.00000400. The van der Waals surface area contributed by atoms with E-state index < -0.39 is 13.0 Å². The van der Waals surface area contributed by atoms with Crippen molar-refractivity contribution >= 4 is 29.9 Å². The van der Waals surface area contributed by atoms with E-state index in [1.807, 2.05) is 20.8 Å². The largest absolute Gasteiger partial charge is 0.472 e. The minimum Gasteiger partial charge on any atom is -0.472 e. The zero-order chi connectivity index (χ0) is 15.2. The van der Waals surface area contributed by atoms with Gasteiger partial charge in [-0.25, -0.2) is 18.8 Å². The Labute approximate surface area is 140 Å². The summed E-state index contributed by atoms with van der Waals surface area (Å²) in [4.78, 5) is 8.01. The number of guanidine groups is 1. The number of nitrogens with two attached hydrogens (primary N) is 1. The number of nitrogens with one attached hydrogen (secondary N) is 1. The molecule has 1 aromatic heterocycles. The fourth-order valence-corrected chi connectivity index (χ4v) is 1.38. The van der Waals surface area contributed by atoms with Crippen molar-refractivity contribution in [2.24, 2.45) is 10.7 Å². The summed E-state index contributed by atoms with van der Waals surface area (Å²) >= 11 is 0. The van der Waals surface area contributed by atoms with Crippen LogP contribution >= 0.6 is 24.0 Å². The van der Waals surface area contributed by atoms with E-state index in [4.69, 9.17) is 10.5 Å². The van der Waals surface area contributed by atoms with Crippen LogP contribution in [0, 0.1) is 0 Å². The van der Waals surface area contributed by atoms with Gasteiger partial charge in [0.1, 0.15) is 0 Å². The molecule has 0 saturated carbocycles. The molecule has 0 unspecified atom stereocenters. The molecule has 0 radical (unpaired) electrons. The highest BCUT2D eigenvalue weighted by molar-refractivity contribution is 14.0. The van der Waals surface area contributed by atoms with Crippen LogP contribution in [0.4, 0.5) is 8.78 Å². The lowest BCUT2D eigenvalue weighted by molar-refractivity contribution is 0.0795. The monoisotopic (exact) mass is 414 g/mol. The SMILES string of the molecule is CC(C)(C)NC(N)=NCc1ccnc(OCC(F)F)c1.I. The summed E-state index contributed by atoms with van der Waals surface area (Å²) in [6.07, 6.45) is -1.04. The van der Waals surface area contributed by atoms with Gasteiger partial charge in [0.2, 0.25) is 5.88 Å². The van der Waals surface area contributed by atoms with Crippen molar-refractivity contribution in [3.63, 3.8) is 0 Å². The highest BCUT2D eigenvalue weighted by atomic mass is 127. The van der Waals surface area contributed by atoms with E-state index in [0.717, 1.165) is 5.56 Å². The first-order valence-corrected chi connectivity index (χ1v) is 6.20. The number of hydrogen-bond acceptors (Lipinski definition) is 3. The summed E-state index contributed by atoms with van der Waals surface area (Å²) in [5, 5.41) is 3.03. The Morgan fingerprint density at radius 2 is 2.14 bits per heavy atom. The average molecular weight is 414 g/mol. The van der Waals surface area contributed by atoms with E-state index in [1.165, 1.54) is 6.20 Å². The molecule has 1 heterocycles. The molecule has 120 valence electrons. The molecular formula is C13H21F2IN4O. The molecule has 0 aliphatic rings. The van der Waals surface area contributed by atoms with E-state index in [2.05, 4.69) is 15.3 Å². The molecule has 0 aliphatic carbocycles.